The van der Waals surface area contributed by atoms with E-state index in [9.17, 15) is 0 Å². The molecule has 1 saturated carbocycles. The fourth-order valence-electron chi connectivity index (χ4n) is 3.46. The van der Waals surface area contributed by atoms with E-state index in [0.29, 0.717) is 12.1 Å². The van der Waals surface area contributed by atoms with Crippen LogP contribution in [0.25, 0.3) is 0 Å². The minimum Gasteiger partial charge on any atom is -0.326 e. The van der Waals surface area contributed by atoms with Crippen LogP contribution in [0.3, 0.4) is 0 Å². The third kappa shape index (κ3) is 3.00. The molecule has 1 heterocycles. The van der Waals surface area contributed by atoms with Crippen LogP contribution in [0.1, 0.15) is 24.8 Å². The van der Waals surface area contributed by atoms with E-state index in [2.05, 4.69) is 35.2 Å². The van der Waals surface area contributed by atoms with E-state index in [1.54, 1.807) is 0 Å². The van der Waals surface area contributed by atoms with Crippen molar-refractivity contribution < 1.29 is 0 Å². The van der Waals surface area contributed by atoms with Gasteiger partial charge in [0.05, 0.1) is 0 Å². The molecule has 1 saturated heterocycles. The lowest BCUT2D eigenvalue weighted by Gasteiger charge is -2.27. The Morgan fingerprint density at radius 1 is 1.06 bits per heavy atom. The highest BCUT2D eigenvalue weighted by molar-refractivity contribution is 5.85. The van der Waals surface area contributed by atoms with E-state index < -0.39 is 0 Å². The van der Waals surface area contributed by atoms with Crippen LogP contribution in [-0.2, 0) is 6.54 Å². The van der Waals surface area contributed by atoms with Crippen LogP contribution >= 0.6 is 24.8 Å². The summed E-state index contributed by atoms with van der Waals surface area (Å²) in [5.74, 6) is 0.874. The number of benzene rings is 1. The molecule has 2 fully saturated rings. The number of rotatable bonds is 2. The number of hydrogen-bond donors (Lipinski definition) is 1. The van der Waals surface area contributed by atoms with Crippen molar-refractivity contribution in [2.45, 2.75) is 37.9 Å². The summed E-state index contributed by atoms with van der Waals surface area (Å²) in [5, 5.41) is 0. The minimum atomic E-state index is 0. The van der Waals surface area contributed by atoms with Crippen molar-refractivity contribution in [2.24, 2.45) is 11.7 Å². The Hall–Kier alpha value is -0.280. The fraction of sp³-hybridized carbons (Fsp3) is 0.571. The maximum atomic E-state index is 6.22. The zero-order chi connectivity index (χ0) is 11.0. The molecule has 3 rings (SSSR count). The van der Waals surface area contributed by atoms with Gasteiger partial charge in [0.25, 0.3) is 0 Å². The third-order valence-corrected chi connectivity index (χ3v) is 4.23. The summed E-state index contributed by atoms with van der Waals surface area (Å²) in [5.41, 5.74) is 7.64. The molecule has 0 spiro atoms. The highest BCUT2D eigenvalue weighted by Crippen LogP contribution is 2.37. The van der Waals surface area contributed by atoms with Crippen LogP contribution < -0.4 is 5.73 Å². The molecule has 18 heavy (non-hydrogen) atoms. The summed E-state index contributed by atoms with van der Waals surface area (Å²) in [7, 11) is 0. The van der Waals surface area contributed by atoms with Crippen LogP contribution in [0.15, 0.2) is 30.3 Å². The Morgan fingerprint density at radius 2 is 1.78 bits per heavy atom. The van der Waals surface area contributed by atoms with Crippen molar-refractivity contribution in [3.8, 4) is 0 Å². The molecule has 1 aromatic rings. The predicted molar refractivity (Wildman–Crippen MR) is 80.5 cm³/mol. The van der Waals surface area contributed by atoms with Crippen LogP contribution in [0.5, 0.6) is 0 Å². The summed E-state index contributed by atoms with van der Waals surface area (Å²) < 4.78 is 0. The fourth-order valence-corrected chi connectivity index (χ4v) is 3.46. The van der Waals surface area contributed by atoms with Gasteiger partial charge in [0.1, 0.15) is 0 Å². The van der Waals surface area contributed by atoms with Gasteiger partial charge in [0.2, 0.25) is 0 Å². The average molecular weight is 289 g/mol. The Balaban J connectivity index is 0.000000810. The number of halogens is 2. The summed E-state index contributed by atoms with van der Waals surface area (Å²) in [6.45, 7) is 2.31. The molecule has 0 aromatic heterocycles. The van der Waals surface area contributed by atoms with Gasteiger partial charge in [-0.1, -0.05) is 30.3 Å². The molecule has 1 aliphatic heterocycles. The maximum Gasteiger partial charge on any atom is 0.0279 e. The normalized spacial score (nSPS) is 30.4. The standard InChI is InChI=1S/C14H20N2.2ClH/c15-13-7-6-12-8-9-16(14(12)13)10-11-4-2-1-3-5-11;;/h1-5,12-14H,6-10,15H2;2*1H/t12-,13+,14+;;/m1../s1. The molecule has 4 heteroatoms. The molecule has 0 radical (unpaired) electrons. The van der Waals surface area contributed by atoms with E-state index >= 15 is 0 Å². The van der Waals surface area contributed by atoms with Gasteiger partial charge in [0, 0.05) is 18.6 Å². The number of nitrogens with two attached hydrogens (primary N) is 1. The zero-order valence-corrected chi connectivity index (χ0v) is 12.1. The van der Waals surface area contributed by atoms with Crippen molar-refractivity contribution in [2.75, 3.05) is 6.54 Å². The minimum absolute atomic E-state index is 0. The predicted octanol–water partition coefficient (Wildman–Crippen LogP) is 2.84. The van der Waals surface area contributed by atoms with Gasteiger partial charge in [-0.05, 0) is 37.3 Å². The topological polar surface area (TPSA) is 29.3 Å². The molecule has 0 unspecified atom stereocenters. The molecule has 2 nitrogen and oxygen atoms in total. The second kappa shape index (κ2) is 6.76. The van der Waals surface area contributed by atoms with Gasteiger partial charge < -0.3 is 5.73 Å². The first-order valence-electron chi connectivity index (χ1n) is 6.38. The van der Waals surface area contributed by atoms with Gasteiger partial charge in [-0.15, -0.1) is 24.8 Å². The molecule has 102 valence electrons. The molecule has 0 amide bonds. The monoisotopic (exact) mass is 288 g/mol. The van der Waals surface area contributed by atoms with Gasteiger partial charge >= 0.3 is 0 Å². The first-order valence-corrected chi connectivity index (χ1v) is 6.38. The zero-order valence-electron chi connectivity index (χ0n) is 10.5. The summed E-state index contributed by atoms with van der Waals surface area (Å²) >= 11 is 0. The largest absolute Gasteiger partial charge is 0.326 e. The highest BCUT2D eigenvalue weighted by atomic mass is 35.5. The quantitative estimate of drug-likeness (QED) is 0.907. The Kier molecular flexibility index (Phi) is 5.93. The number of hydrogen-bond acceptors (Lipinski definition) is 2. The van der Waals surface area contributed by atoms with Crippen molar-refractivity contribution >= 4 is 24.8 Å². The lowest BCUT2D eigenvalue weighted by molar-refractivity contribution is 0.216. The molecule has 0 bridgehead atoms. The van der Waals surface area contributed by atoms with Crippen molar-refractivity contribution in [1.82, 2.24) is 4.90 Å². The van der Waals surface area contributed by atoms with Crippen LogP contribution in [0.4, 0.5) is 0 Å². The molecular formula is C14H22Cl2N2. The lowest BCUT2D eigenvalue weighted by atomic mass is 10.0. The lowest BCUT2D eigenvalue weighted by Crippen LogP contribution is -2.42. The van der Waals surface area contributed by atoms with Crippen molar-refractivity contribution in [1.29, 1.82) is 0 Å². The SMILES string of the molecule is Cl.Cl.N[C@H]1CC[C@@H]2CCN(Cc3ccccc3)[C@@H]21. The number of nitrogens with zero attached hydrogens (tertiary/aromatic N) is 1. The summed E-state index contributed by atoms with van der Waals surface area (Å²) in [6, 6.07) is 11.8. The van der Waals surface area contributed by atoms with E-state index in [4.69, 9.17) is 5.73 Å². The smallest absolute Gasteiger partial charge is 0.0279 e. The van der Waals surface area contributed by atoms with E-state index in [-0.39, 0.29) is 24.8 Å². The van der Waals surface area contributed by atoms with Crippen molar-refractivity contribution in [3.63, 3.8) is 0 Å². The van der Waals surface area contributed by atoms with Crippen LogP contribution in [0.2, 0.25) is 0 Å². The van der Waals surface area contributed by atoms with Crippen LogP contribution in [0, 0.1) is 5.92 Å². The maximum absolute atomic E-state index is 6.22. The molecule has 2 N–H and O–H groups in total. The van der Waals surface area contributed by atoms with Crippen molar-refractivity contribution in [3.05, 3.63) is 35.9 Å². The Morgan fingerprint density at radius 3 is 2.50 bits per heavy atom. The summed E-state index contributed by atoms with van der Waals surface area (Å²) in [4.78, 5) is 2.59. The third-order valence-electron chi connectivity index (χ3n) is 4.23. The second-order valence-corrected chi connectivity index (χ2v) is 5.24. The Labute approximate surface area is 122 Å². The summed E-state index contributed by atoms with van der Waals surface area (Å²) in [6.07, 6.45) is 3.92. The van der Waals surface area contributed by atoms with E-state index in [1.165, 1.54) is 31.4 Å². The second-order valence-electron chi connectivity index (χ2n) is 5.24. The van der Waals surface area contributed by atoms with Gasteiger partial charge in [-0.3, -0.25) is 4.90 Å². The van der Waals surface area contributed by atoms with E-state index in [0.717, 1.165) is 12.5 Å². The molecule has 3 atom stereocenters. The molecule has 1 aliphatic carbocycles. The number of likely N-dealkylation sites (tertiary alicyclic amines) is 1. The first-order chi connectivity index (χ1) is 7.84. The molecular weight excluding hydrogens is 267 g/mol. The average Bonchev–Trinajstić information content (AvgIpc) is 2.86. The van der Waals surface area contributed by atoms with E-state index in [1.807, 2.05) is 0 Å². The van der Waals surface area contributed by atoms with Gasteiger partial charge in [-0.25, -0.2) is 0 Å². The number of fused-ring (bicyclic) bond motifs is 1. The highest BCUT2D eigenvalue weighted by Gasteiger charge is 2.42. The first kappa shape index (κ1) is 15.8. The molecule has 1 aromatic carbocycles. The van der Waals surface area contributed by atoms with Gasteiger partial charge in [-0.2, -0.15) is 0 Å². The van der Waals surface area contributed by atoms with Crippen LogP contribution in [-0.4, -0.2) is 23.5 Å². The Bertz CT molecular complexity index is 358. The molecule has 2 aliphatic rings. The van der Waals surface area contributed by atoms with Gasteiger partial charge in [0.15, 0.2) is 0 Å².